The Bertz CT molecular complexity index is 323. The number of hydrogen-bond acceptors (Lipinski definition) is 3. The number of nitrogens with zero attached hydrogens (tertiary/aromatic N) is 1. The highest BCUT2D eigenvalue weighted by Gasteiger charge is 2.21. The number of nitrogens with two attached hydrogens (primary N) is 1. The quantitative estimate of drug-likeness (QED) is 0.789. The zero-order chi connectivity index (χ0) is 11.5. The van der Waals surface area contributed by atoms with Gasteiger partial charge in [-0.25, -0.2) is 0 Å². The van der Waals surface area contributed by atoms with Crippen LogP contribution in [0.15, 0.2) is 24.3 Å². The molecule has 3 N–H and O–H groups in total. The van der Waals surface area contributed by atoms with Crippen LogP contribution in [0.2, 0.25) is 0 Å². The molecule has 0 aliphatic heterocycles. The van der Waals surface area contributed by atoms with Gasteiger partial charge < -0.3 is 10.8 Å². The van der Waals surface area contributed by atoms with Gasteiger partial charge in [-0.05, 0) is 38.6 Å². The van der Waals surface area contributed by atoms with Crippen molar-refractivity contribution < 1.29 is 5.11 Å². The third kappa shape index (κ3) is 3.22. The molecule has 0 spiro atoms. The van der Waals surface area contributed by atoms with Gasteiger partial charge in [0.25, 0.3) is 0 Å². The summed E-state index contributed by atoms with van der Waals surface area (Å²) in [5.41, 5.74) is 6.77. The molecule has 15 heavy (non-hydrogen) atoms. The Morgan fingerprint density at radius 1 is 1.40 bits per heavy atom. The molecule has 0 fully saturated rings. The molecule has 84 valence electrons. The van der Waals surface area contributed by atoms with Gasteiger partial charge in [0, 0.05) is 18.6 Å². The Morgan fingerprint density at radius 2 is 2.07 bits per heavy atom. The number of aromatic hydroxyl groups is 1. The van der Waals surface area contributed by atoms with E-state index in [4.69, 9.17) is 5.73 Å². The summed E-state index contributed by atoms with van der Waals surface area (Å²) in [5, 5.41) is 9.34. The van der Waals surface area contributed by atoms with Crippen LogP contribution in [0.3, 0.4) is 0 Å². The minimum Gasteiger partial charge on any atom is -0.508 e. The molecule has 0 aromatic heterocycles. The van der Waals surface area contributed by atoms with Crippen LogP contribution in [-0.4, -0.2) is 29.1 Å². The lowest BCUT2D eigenvalue weighted by Gasteiger charge is -2.34. The summed E-state index contributed by atoms with van der Waals surface area (Å²) in [6, 6.07) is 7.32. The molecule has 0 heterocycles. The van der Waals surface area contributed by atoms with Gasteiger partial charge in [0.1, 0.15) is 5.75 Å². The Hall–Kier alpha value is -1.06. The van der Waals surface area contributed by atoms with E-state index in [0.717, 1.165) is 12.1 Å². The van der Waals surface area contributed by atoms with Crippen LogP contribution in [0.5, 0.6) is 5.75 Å². The highest BCUT2D eigenvalue weighted by molar-refractivity contribution is 5.27. The van der Waals surface area contributed by atoms with Gasteiger partial charge in [-0.2, -0.15) is 0 Å². The molecule has 1 aromatic carbocycles. The lowest BCUT2D eigenvalue weighted by atomic mass is 10.0. The highest BCUT2D eigenvalue weighted by atomic mass is 16.3. The first-order valence-electron chi connectivity index (χ1n) is 5.15. The number of phenolic OH excluding ortho intramolecular Hbond substituents is 1. The Labute approximate surface area is 91.5 Å². The van der Waals surface area contributed by atoms with Gasteiger partial charge >= 0.3 is 0 Å². The molecular weight excluding hydrogens is 188 g/mol. The third-order valence-electron chi connectivity index (χ3n) is 2.86. The van der Waals surface area contributed by atoms with Crippen molar-refractivity contribution in [2.24, 2.45) is 5.73 Å². The second kappa shape index (κ2) is 4.64. The second-order valence-corrected chi connectivity index (χ2v) is 4.54. The third-order valence-corrected chi connectivity index (χ3v) is 2.86. The first kappa shape index (κ1) is 12.0. The maximum atomic E-state index is 9.34. The topological polar surface area (TPSA) is 49.5 Å². The fraction of sp³-hybridized carbons (Fsp3) is 0.500. The van der Waals surface area contributed by atoms with Crippen LogP contribution in [0, 0.1) is 0 Å². The molecule has 3 nitrogen and oxygen atoms in total. The van der Waals surface area contributed by atoms with Crippen LogP contribution < -0.4 is 5.73 Å². The first-order chi connectivity index (χ1) is 6.95. The van der Waals surface area contributed by atoms with Crippen LogP contribution in [-0.2, 0) is 6.54 Å². The summed E-state index contributed by atoms with van der Waals surface area (Å²) in [4.78, 5) is 2.18. The maximum Gasteiger partial charge on any atom is 0.115 e. The molecule has 0 unspecified atom stereocenters. The van der Waals surface area contributed by atoms with Gasteiger partial charge in [-0.1, -0.05) is 12.1 Å². The Balaban J connectivity index is 2.70. The van der Waals surface area contributed by atoms with Crippen molar-refractivity contribution in [3.8, 4) is 5.75 Å². The molecule has 3 heteroatoms. The zero-order valence-corrected chi connectivity index (χ0v) is 9.70. The second-order valence-electron chi connectivity index (χ2n) is 4.54. The minimum absolute atomic E-state index is 0.0224. The predicted octanol–water partition coefficient (Wildman–Crippen LogP) is 1.56. The number of benzene rings is 1. The summed E-state index contributed by atoms with van der Waals surface area (Å²) >= 11 is 0. The van der Waals surface area contributed by atoms with Crippen molar-refractivity contribution in [2.75, 3.05) is 13.6 Å². The van der Waals surface area contributed by atoms with Crippen molar-refractivity contribution >= 4 is 0 Å². The van der Waals surface area contributed by atoms with Crippen LogP contribution >= 0.6 is 0 Å². The van der Waals surface area contributed by atoms with E-state index in [9.17, 15) is 5.11 Å². The fourth-order valence-electron chi connectivity index (χ4n) is 1.30. The smallest absolute Gasteiger partial charge is 0.115 e. The summed E-state index contributed by atoms with van der Waals surface area (Å²) < 4.78 is 0. The van der Waals surface area contributed by atoms with E-state index in [1.807, 2.05) is 19.2 Å². The average Bonchev–Trinajstić information content (AvgIpc) is 2.17. The largest absolute Gasteiger partial charge is 0.508 e. The zero-order valence-electron chi connectivity index (χ0n) is 9.70. The molecule has 0 bridgehead atoms. The molecule has 0 saturated carbocycles. The number of phenols is 1. The van der Waals surface area contributed by atoms with Crippen LogP contribution in [0.25, 0.3) is 0 Å². The summed E-state index contributed by atoms with van der Waals surface area (Å²) in [5.74, 6) is 0.312. The first-order valence-corrected chi connectivity index (χ1v) is 5.15. The van der Waals surface area contributed by atoms with Gasteiger partial charge in [0.2, 0.25) is 0 Å². The molecule has 0 radical (unpaired) electrons. The van der Waals surface area contributed by atoms with Crippen molar-refractivity contribution in [3.05, 3.63) is 29.8 Å². The fourth-order valence-corrected chi connectivity index (χ4v) is 1.30. The monoisotopic (exact) mass is 208 g/mol. The van der Waals surface area contributed by atoms with Crippen molar-refractivity contribution in [3.63, 3.8) is 0 Å². The lowest BCUT2D eigenvalue weighted by Crippen LogP contribution is -2.46. The number of hydrogen-bond donors (Lipinski definition) is 2. The number of likely N-dealkylation sites (N-methyl/N-ethyl adjacent to an activating group) is 1. The normalized spacial score (nSPS) is 12.1. The maximum absolute atomic E-state index is 9.34. The molecule has 0 amide bonds. The molecule has 0 atom stereocenters. The van der Waals surface area contributed by atoms with E-state index in [0.29, 0.717) is 12.3 Å². The van der Waals surface area contributed by atoms with E-state index in [-0.39, 0.29) is 5.54 Å². The van der Waals surface area contributed by atoms with Crippen molar-refractivity contribution in [1.82, 2.24) is 4.90 Å². The molecule has 1 aromatic rings. The summed E-state index contributed by atoms with van der Waals surface area (Å²) in [6.07, 6.45) is 0. The minimum atomic E-state index is -0.0224. The van der Waals surface area contributed by atoms with E-state index in [2.05, 4.69) is 18.7 Å². The molecular formula is C12H20N2O. The highest BCUT2D eigenvalue weighted by Crippen LogP contribution is 2.17. The standard InChI is InChI=1S/C12H20N2O/c1-12(2,9-13)14(3)8-10-5-4-6-11(15)7-10/h4-7,15H,8-9,13H2,1-3H3. The van der Waals surface area contributed by atoms with E-state index < -0.39 is 0 Å². The summed E-state index contributed by atoms with van der Waals surface area (Å²) in [6.45, 7) is 5.62. The van der Waals surface area contributed by atoms with Crippen molar-refractivity contribution in [2.45, 2.75) is 25.9 Å². The molecule has 0 aliphatic carbocycles. The van der Waals surface area contributed by atoms with E-state index in [1.54, 1.807) is 12.1 Å². The lowest BCUT2D eigenvalue weighted by molar-refractivity contribution is 0.155. The van der Waals surface area contributed by atoms with Crippen LogP contribution in [0.1, 0.15) is 19.4 Å². The summed E-state index contributed by atoms with van der Waals surface area (Å²) in [7, 11) is 2.04. The van der Waals surface area contributed by atoms with Gasteiger partial charge in [-0.15, -0.1) is 0 Å². The van der Waals surface area contributed by atoms with Crippen LogP contribution in [0.4, 0.5) is 0 Å². The Kier molecular flexibility index (Phi) is 3.72. The predicted molar refractivity (Wildman–Crippen MR) is 62.7 cm³/mol. The SMILES string of the molecule is CN(Cc1cccc(O)c1)C(C)(C)CN. The van der Waals surface area contributed by atoms with Gasteiger partial charge in [-0.3, -0.25) is 4.90 Å². The average molecular weight is 208 g/mol. The molecule has 1 rings (SSSR count). The molecule has 0 aliphatic rings. The van der Waals surface area contributed by atoms with E-state index in [1.165, 1.54) is 0 Å². The van der Waals surface area contributed by atoms with Gasteiger partial charge in [0.05, 0.1) is 0 Å². The van der Waals surface area contributed by atoms with E-state index >= 15 is 0 Å². The Morgan fingerprint density at radius 3 is 2.60 bits per heavy atom. The molecule has 0 saturated heterocycles. The van der Waals surface area contributed by atoms with Gasteiger partial charge in [0.15, 0.2) is 0 Å². The van der Waals surface area contributed by atoms with Crippen molar-refractivity contribution in [1.29, 1.82) is 0 Å². The number of rotatable bonds is 4.